The zero-order chi connectivity index (χ0) is 9.52. The standard InChI is InChI=1S/C10H14FNO/c11-6-4-9-2-1-3-10(8-9)5-7-13-12/h1-3,8H,4-7,12H2. The first-order valence-corrected chi connectivity index (χ1v) is 4.32. The van der Waals surface area contributed by atoms with E-state index in [-0.39, 0.29) is 6.67 Å². The van der Waals surface area contributed by atoms with Crippen LogP contribution in [0.15, 0.2) is 24.3 Å². The molecule has 0 radical (unpaired) electrons. The van der Waals surface area contributed by atoms with E-state index in [0.717, 1.165) is 17.5 Å². The molecule has 0 fully saturated rings. The van der Waals surface area contributed by atoms with Crippen molar-refractivity contribution >= 4 is 0 Å². The fourth-order valence-corrected chi connectivity index (χ4v) is 1.23. The van der Waals surface area contributed by atoms with Gasteiger partial charge in [0.25, 0.3) is 0 Å². The van der Waals surface area contributed by atoms with Gasteiger partial charge < -0.3 is 4.84 Å². The molecule has 0 aliphatic carbocycles. The smallest absolute Gasteiger partial charge is 0.0934 e. The molecule has 0 aliphatic heterocycles. The third-order valence-electron chi connectivity index (χ3n) is 1.88. The van der Waals surface area contributed by atoms with E-state index >= 15 is 0 Å². The lowest BCUT2D eigenvalue weighted by molar-refractivity contribution is 0.141. The van der Waals surface area contributed by atoms with E-state index in [1.165, 1.54) is 0 Å². The minimum atomic E-state index is -0.309. The lowest BCUT2D eigenvalue weighted by atomic mass is 10.1. The zero-order valence-electron chi connectivity index (χ0n) is 7.50. The highest BCUT2D eigenvalue weighted by Gasteiger charge is 1.95. The quantitative estimate of drug-likeness (QED) is 0.704. The van der Waals surface area contributed by atoms with E-state index in [1.54, 1.807) is 0 Å². The first kappa shape index (κ1) is 10.2. The van der Waals surface area contributed by atoms with Crippen molar-refractivity contribution in [1.82, 2.24) is 0 Å². The molecule has 0 unspecified atom stereocenters. The SMILES string of the molecule is NOCCc1cccc(CCF)c1. The van der Waals surface area contributed by atoms with Crippen molar-refractivity contribution in [2.75, 3.05) is 13.3 Å². The van der Waals surface area contributed by atoms with E-state index in [2.05, 4.69) is 4.84 Å². The van der Waals surface area contributed by atoms with Crippen LogP contribution in [0.5, 0.6) is 0 Å². The Labute approximate surface area is 77.5 Å². The summed E-state index contributed by atoms with van der Waals surface area (Å²) in [5, 5.41) is 0. The Morgan fingerprint density at radius 1 is 1.23 bits per heavy atom. The lowest BCUT2D eigenvalue weighted by Crippen LogP contribution is -2.03. The normalized spacial score (nSPS) is 10.3. The molecular formula is C10H14FNO. The molecule has 0 amide bonds. The summed E-state index contributed by atoms with van der Waals surface area (Å²) in [7, 11) is 0. The number of aryl methyl sites for hydroxylation is 1. The van der Waals surface area contributed by atoms with Crippen LogP contribution in [0.3, 0.4) is 0 Å². The molecule has 1 aromatic carbocycles. The number of hydrogen-bond acceptors (Lipinski definition) is 2. The Morgan fingerprint density at radius 3 is 2.54 bits per heavy atom. The van der Waals surface area contributed by atoms with Gasteiger partial charge in [0.15, 0.2) is 0 Å². The van der Waals surface area contributed by atoms with Gasteiger partial charge in [-0.15, -0.1) is 0 Å². The van der Waals surface area contributed by atoms with Crippen molar-refractivity contribution in [2.45, 2.75) is 12.8 Å². The Morgan fingerprint density at radius 2 is 1.92 bits per heavy atom. The number of hydrogen-bond donors (Lipinski definition) is 1. The molecule has 0 aromatic heterocycles. The number of nitrogens with two attached hydrogens (primary N) is 1. The van der Waals surface area contributed by atoms with E-state index in [1.807, 2.05) is 24.3 Å². The van der Waals surface area contributed by atoms with E-state index in [0.29, 0.717) is 13.0 Å². The van der Waals surface area contributed by atoms with Gasteiger partial charge in [0.1, 0.15) is 0 Å². The first-order chi connectivity index (χ1) is 6.36. The van der Waals surface area contributed by atoms with Gasteiger partial charge in [0, 0.05) is 6.42 Å². The maximum Gasteiger partial charge on any atom is 0.0934 e. The molecule has 1 rings (SSSR count). The van der Waals surface area contributed by atoms with Crippen LogP contribution in [0, 0.1) is 0 Å². The topological polar surface area (TPSA) is 35.2 Å². The van der Waals surface area contributed by atoms with Crippen LogP contribution in [-0.2, 0) is 17.7 Å². The van der Waals surface area contributed by atoms with E-state index < -0.39 is 0 Å². The zero-order valence-corrected chi connectivity index (χ0v) is 7.50. The monoisotopic (exact) mass is 183 g/mol. The molecule has 0 heterocycles. The van der Waals surface area contributed by atoms with Crippen LogP contribution >= 0.6 is 0 Å². The Bertz CT molecular complexity index is 252. The Kier molecular flexibility index (Phi) is 4.43. The van der Waals surface area contributed by atoms with E-state index in [9.17, 15) is 4.39 Å². The summed E-state index contributed by atoms with van der Waals surface area (Å²) in [6.07, 6.45) is 1.26. The van der Waals surface area contributed by atoms with Crippen molar-refractivity contribution in [2.24, 2.45) is 5.90 Å². The summed E-state index contributed by atoms with van der Waals surface area (Å²) in [4.78, 5) is 4.47. The van der Waals surface area contributed by atoms with Crippen LogP contribution < -0.4 is 5.90 Å². The Balaban J connectivity index is 2.56. The van der Waals surface area contributed by atoms with Gasteiger partial charge in [-0.05, 0) is 17.5 Å². The number of halogens is 1. The summed E-state index contributed by atoms with van der Waals surface area (Å²) in [5.74, 6) is 4.91. The van der Waals surface area contributed by atoms with Gasteiger partial charge in [-0.3, -0.25) is 4.39 Å². The fraction of sp³-hybridized carbons (Fsp3) is 0.400. The molecule has 3 heteroatoms. The minimum absolute atomic E-state index is 0.309. The average Bonchev–Trinajstić information content (AvgIpc) is 2.16. The van der Waals surface area contributed by atoms with Gasteiger partial charge in [0.05, 0.1) is 13.3 Å². The second kappa shape index (κ2) is 5.67. The molecule has 1 aromatic rings. The highest BCUT2D eigenvalue weighted by molar-refractivity contribution is 5.23. The molecule has 0 spiro atoms. The second-order valence-corrected chi connectivity index (χ2v) is 2.88. The predicted molar refractivity (Wildman–Crippen MR) is 50.0 cm³/mol. The van der Waals surface area contributed by atoms with E-state index in [4.69, 9.17) is 5.90 Å². The van der Waals surface area contributed by atoms with Gasteiger partial charge in [-0.1, -0.05) is 24.3 Å². The summed E-state index contributed by atoms with van der Waals surface area (Å²) >= 11 is 0. The van der Waals surface area contributed by atoms with Crippen LogP contribution in [-0.4, -0.2) is 13.3 Å². The third-order valence-corrected chi connectivity index (χ3v) is 1.88. The van der Waals surface area contributed by atoms with Crippen molar-refractivity contribution in [3.05, 3.63) is 35.4 Å². The molecular weight excluding hydrogens is 169 g/mol. The van der Waals surface area contributed by atoms with Crippen LogP contribution in [0.25, 0.3) is 0 Å². The number of alkyl halides is 1. The summed E-state index contributed by atoms with van der Waals surface area (Å²) in [6.45, 7) is 0.190. The molecule has 0 bridgehead atoms. The van der Waals surface area contributed by atoms with Crippen LogP contribution in [0.4, 0.5) is 4.39 Å². The first-order valence-electron chi connectivity index (χ1n) is 4.32. The van der Waals surface area contributed by atoms with Gasteiger partial charge in [-0.25, -0.2) is 5.90 Å². The van der Waals surface area contributed by atoms with Gasteiger partial charge in [0.2, 0.25) is 0 Å². The van der Waals surface area contributed by atoms with Crippen molar-refractivity contribution in [3.8, 4) is 0 Å². The van der Waals surface area contributed by atoms with Gasteiger partial charge in [-0.2, -0.15) is 0 Å². The summed E-state index contributed by atoms with van der Waals surface area (Å²) in [5.41, 5.74) is 2.16. The van der Waals surface area contributed by atoms with Gasteiger partial charge >= 0.3 is 0 Å². The molecule has 0 saturated heterocycles. The minimum Gasteiger partial charge on any atom is -0.304 e. The Hall–Kier alpha value is -0.930. The number of benzene rings is 1. The maximum absolute atomic E-state index is 12.0. The fourth-order valence-electron chi connectivity index (χ4n) is 1.23. The average molecular weight is 183 g/mol. The van der Waals surface area contributed by atoms with Crippen LogP contribution in [0.2, 0.25) is 0 Å². The molecule has 0 saturated carbocycles. The van der Waals surface area contributed by atoms with Crippen molar-refractivity contribution in [3.63, 3.8) is 0 Å². The third kappa shape index (κ3) is 3.53. The molecule has 72 valence electrons. The molecule has 0 atom stereocenters. The molecule has 2 N–H and O–H groups in total. The maximum atomic E-state index is 12.0. The largest absolute Gasteiger partial charge is 0.304 e. The second-order valence-electron chi connectivity index (χ2n) is 2.88. The highest BCUT2D eigenvalue weighted by Crippen LogP contribution is 2.06. The predicted octanol–water partition coefficient (Wildman–Crippen LogP) is 1.63. The highest BCUT2D eigenvalue weighted by atomic mass is 19.1. The van der Waals surface area contributed by atoms with Crippen molar-refractivity contribution in [1.29, 1.82) is 0 Å². The molecule has 2 nitrogen and oxygen atoms in total. The number of rotatable bonds is 5. The summed E-state index contributed by atoms with van der Waals surface area (Å²) < 4.78 is 12.0. The molecule has 0 aliphatic rings. The summed E-state index contributed by atoms with van der Waals surface area (Å²) in [6, 6.07) is 7.82. The van der Waals surface area contributed by atoms with Crippen molar-refractivity contribution < 1.29 is 9.23 Å². The van der Waals surface area contributed by atoms with Crippen LogP contribution in [0.1, 0.15) is 11.1 Å². The molecule has 13 heavy (non-hydrogen) atoms. The lowest BCUT2D eigenvalue weighted by Gasteiger charge is -2.02.